The van der Waals surface area contributed by atoms with E-state index in [2.05, 4.69) is 20.9 Å². The molecule has 4 rings (SSSR count). The van der Waals surface area contributed by atoms with E-state index >= 15 is 0 Å². The first kappa shape index (κ1) is 13.3. The molecule has 1 aromatic rings. The Morgan fingerprint density at radius 3 is 2.67 bits per heavy atom. The lowest BCUT2D eigenvalue weighted by Crippen LogP contribution is -2.31. The third-order valence-electron chi connectivity index (χ3n) is 5.38. The molecule has 0 bridgehead atoms. The topological polar surface area (TPSA) is 41.4 Å². The highest BCUT2D eigenvalue weighted by Crippen LogP contribution is 2.31. The smallest absolute Gasteiger partial charge is 0.227 e. The molecule has 0 radical (unpaired) electrons. The highest BCUT2D eigenvalue weighted by Gasteiger charge is 2.31. The SMILES string of the molecule is O=C1CCCN1c1cnn(C2CCN(C3CCCC3)C2)c1. The van der Waals surface area contributed by atoms with Crippen LogP contribution in [0, 0.1) is 0 Å². The van der Waals surface area contributed by atoms with Crippen LogP contribution < -0.4 is 4.90 Å². The van der Waals surface area contributed by atoms with Crippen LogP contribution in [0.4, 0.5) is 5.69 Å². The van der Waals surface area contributed by atoms with E-state index in [1.54, 1.807) is 0 Å². The van der Waals surface area contributed by atoms with E-state index in [0.29, 0.717) is 12.5 Å². The number of hydrogen-bond donors (Lipinski definition) is 0. The van der Waals surface area contributed by atoms with Crippen LogP contribution in [0.5, 0.6) is 0 Å². The Balaban J connectivity index is 1.43. The average molecular weight is 288 g/mol. The Labute approximate surface area is 125 Å². The van der Waals surface area contributed by atoms with E-state index in [0.717, 1.165) is 31.2 Å². The number of aromatic nitrogens is 2. The van der Waals surface area contributed by atoms with Crippen molar-refractivity contribution in [2.75, 3.05) is 24.5 Å². The van der Waals surface area contributed by atoms with Gasteiger partial charge in [0.05, 0.1) is 17.9 Å². The van der Waals surface area contributed by atoms with E-state index in [-0.39, 0.29) is 5.91 Å². The Morgan fingerprint density at radius 2 is 1.90 bits per heavy atom. The highest BCUT2D eigenvalue weighted by molar-refractivity contribution is 5.95. The van der Waals surface area contributed by atoms with Crippen LogP contribution in [0.2, 0.25) is 0 Å². The molecule has 5 heteroatoms. The minimum Gasteiger partial charge on any atom is -0.309 e. The van der Waals surface area contributed by atoms with Crippen LogP contribution in [0.3, 0.4) is 0 Å². The minimum absolute atomic E-state index is 0.244. The van der Waals surface area contributed by atoms with Crippen molar-refractivity contribution in [1.82, 2.24) is 14.7 Å². The van der Waals surface area contributed by atoms with Crippen molar-refractivity contribution >= 4 is 11.6 Å². The summed E-state index contributed by atoms with van der Waals surface area (Å²) in [5.41, 5.74) is 0.983. The third kappa shape index (κ3) is 2.48. The lowest BCUT2D eigenvalue weighted by atomic mass is 10.2. The molecular formula is C16H24N4O. The van der Waals surface area contributed by atoms with Gasteiger partial charge in [-0.05, 0) is 25.7 Å². The van der Waals surface area contributed by atoms with Gasteiger partial charge >= 0.3 is 0 Å². The molecule has 0 spiro atoms. The molecule has 1 saturated carbocycles. The summed E-state index contributed by atoms with van der Waals surface area (Å²) in [4.78, 5) is 16.3. The zero-order valence-electron chi connectivity index (χ0n) is 12.6. The number of likely N-dealkylation sites (tertiary alicyclic amines) is 1. The number of hydrogen-bond acceptors (Lipinski definition) is 3. The van der Waals surface area contributed by atoms with Gasteiger partial charge in [-0.25, -0.2) is 0 Å². The van der Waals surface area contributed by atoms with Gasteiger partial charge in [0, 0.05) is 38.3 Å². The zero-order valence-corrected chi connectivity index (χ0v) is 12.6. The van der Waals surface area contributed by atoms with Crippen LogP contribution in [0.25, 0.3) is 0 Å². The summed E-state index contributed by atoms with van der Waals surface area (Å²) >= 11 is 0. The Bertz CT molecular complexity index is 520. The van der Waals surface area contributed by atoms with Gasteiger partial charge in [-0.2, -0.15) is 5.10 Å². The average Bonchev–Trinajstić information content (AvgIpc) is 3.25. The molecular weight excluding hydrogens is 264 g/mol. The first-order chi connectivity index (χ1) is 10.3. The van der Waals surface area contributed by atoms with Gasteiger partial charge in [0.15, 0.2) is 0 Å². The summed E-state index contributed by atoms with van der Waals surface area (Å²) in [7, 11) is 0. The maximum Gasteiger partial charge on any atom is 0.227 e. The molecule has 2 saturated heterocycles. The number of carbonyl (C=O) groups is 1. The molecule has 2 aliphatic heterocycles. The summed E-state index contributed by atoms with van der Waals surface area (Å²) < 4.78 is 2.09. The number of rotatable bonds is 3. The van der Waals surface area contributed by atoms with Gasteiger partial charge in [0.2, 0.25) is 5.91 Å². The predicted molar refractivity (Wildman–Crippen MR) is 81.3 cm³/mol. The number of anilines is 1. The van der Waals surface area contributed by atoms with Crippen molar-refractivity contribution < 1.29 is 4.79 Å². The maximum absolute atomic E-state index is 11.8. The van der Waals surface area contributed by atoms with Crippen molar-refractivity contribution in [3.8, 4) is 0 Å². The summed E-state index contributed by atoms with van der Waals surface area (Å²) in [6.45, 7) is 3.18. The molecule has 114 valence electrons. The van der Waals surface area contributed by atoms with E-state index in [1.807, 2.05) is 11.1 Å². The second kappa shape index (κ2) is 5.44. The molecule has 1 atom stereocenters. The van der Waals surface area contributed by atoms with Crippen molar-refractivity contribution in [2.24, 2.45) is 0 Å². The van der Waals surface area contributed by atoms with E-state index in [1.165, 1.54) is 38.6 Å². The quantitative estimate of drug-likeness (QED) is 0.856. The van der Waals surface area contributed by atoms with Gasteiger partial charge in [-0.15, -0.1) is 0 Å². The fourth-order valence-corrected chi connectivity index (χ4v) is 4.17. The fraction of sp³-hybridized carbons (Fsp3) is 0.750. The summed E-state index contributed by atoms with van der Waals surface area (Å²) in [5, 5.41) is 4.53. The summed E-state index contributed by atoms with van der Waals surface area (Å²) in [6.07, 6.45) is 12.3. The van der Waals surface area contributed by atoms with E-state index in [4.69, 9.17) is 0 Å². The predicted octanol–water partition coefficient (Wildman–Crippen LogP) is 2.20. The normalized spacial score (nSPS) is 28.1. The Kier molecular flexibility index (Phi) is 3.45. The van der Waals surface area contributed by atoms with Crippen LogP contribution in [0.15, 0.2) is 12.4 Å². The first-order valence-corrected chi connectivity index (χ1v) is 8.40. The van der Waals surface area contributed by atoms with Crippen LogP contribution in [-0.4, -0.2) is 46.3 Å². The number of nitrogens with zero attached hydrogens (tertiary/aromatic N) is 4. The van der Waals surface area contributed by atoms with Gasteiger partial charge < -0.3 is 4.90 Å². The zero-order chi connectivity index (χ0) is 14.2. The highest BCUT2D eigenvalue weighted by atomic mass is 16.2. The van der Waals surface area contributed by atoms with Crippen molar-refractivity contribution in [2.45, 2.75) is 57.0 Å². The van der Waals surface area contributed by atoms with Crippen molar-refractivity contribution in [3.05, 3.63) is 12.4 Å². The van der Waals surface area contributed by atoms with Crippen LogP contribution >= 0.6 is 0 Å². The van der Waals surface area contributed by atoms with Gasteiger partial charge in [0.25, 0.3) is 0 Å². The molecule has 0 N–H and O–H groups in total. The van der Waals surface area contributed by atoms with Crippen molar-refractivity contribution in [3.63, 3.8) is 0 Å². The first-order valence-electron chi connectivity index (χ1n) is 8.40. The van der Waals surface area contributed by atoms with Gasteiger partial charge in [-0.3, -0.25) is 14.4 Å². The molecule has 1 unspecified atom stereocenters. The third-order valence-corrected chi connectivity index (χ3v) is 5.38. The largest absolute Gasteiger partial charge is 0.309 e. The molecule has 21 heavy (non-hydrogen) atoms. The summed E-state index contributed by atoms with van der Waals surface area (Å²) in [5.74, 6) is 0.244. The monoisotopic (exact) mass is 288 g/mol. The number of amides is 1. The lowest BCUT2D eigenvalue weighted by molar-refractivity contribution is -0.117. The Hall–Kier alpha value is -1.36. The second-order valence-corrected chi connectivity index (χ2v) is 6.70. The fourth-order valence-electron chi connectivity index (χ4n) is 4.17. The van der Waals surface area contributed by atoms with E-state index < -0.39 is 0 Å². The number of carbonyl (C=O) groups excluding carboxylic acids is 1. The molecule has 3 fully saturated rings. The van der Waals surface area contributed by atoms with Crippen molar-refractivity contribution in [1.29, 1.82) is 0 Å². The molecule has 3 heterocycles. The van der Waals surface area contributed by atoms with Gasteiger partial charge in [0.1, 0.15) is 0 Å². The summed E-state index contributed by atoms with van der Waals surface area (Å²) in [6, 6.07) is 1.29. The second-order valence-electron chi connectivity index (χ2n) is 6.70. The Morgan fingerprint density at radius 1 is 1.05 bits per heavy atom. The molecule has 1 amide bonds. The minimum atomic E-state index is 0.244. The van der Waals surface area contributed by atoms with Gasteiger partial charge in [-0.1, -0.05) is 12.8 Å². The molecule has 3 aliphatic rings. The molecule has 0 aromatic carbocycles. The molecule has 5 nitrogen and oxygen atoms in total. The molecule has 1 aliphatic carbocycles. The maximum atomic E-state index is 11.8. The lowest BCUT2D eigenvalue weighted by Gasteiger charge is -2.23. The van der Waals surface area contributed by atoms with Crippen LogP contribution in [0.1, 0.15) is 51.0 Å². The van der Waals surface area contributed by atoms with Crippen LogP contribution in [-0.2, 0) is 4.79 Å². The van der Waals surface area contributed by atoms with E-state index in [9.17, 15) is 4.79 Å². The standard InChI is InChI=1S/C16H24N4O/c21-16-6-3-8-19(16)15-10-17-20(12-15)14-7-9-18(11-14)13-4-1-2-5-13/h10,12-14H,1-9,11H2. The molecule has 1 aromatic heterocycles.